The molecule has 3 heterocycles. The molecule has 7 rings (SSSR count). The van der Waals surface area contributed by atoms with Gasteiger partial charge < -0.3 is 19.9 Å². The Balaban J connectivity index is 1.19. The smallest absolute Gasteiger partial charge is 0.246 e. The molecule has 1 atom stereocenters. The van der Waals surface area contributed by atoms with E-state index in [4.69, 9.17) is 15.5 Å². The molecule has 2 aliphatic carbocycles. The van der Waals surface area contributed by atoms with Gasteiger partial charge in [0, 0.05) is 43.0 Å². The molecule has 2 saturated carbocycles. The summed E-state index contributed by atoms with van der Waals surface area (Å²) in [6.45, 7) is 2.21. The van der Waals surface area contributed by atoms with Crippen molar-refractivity contribution in [3.63, 3.8) is 0 Å². The van der Waals surface area contributed by atoms with Gasteiger partial charge in [0.2, 0.25) is 5.91 Å². The number of aromatic nitrogens is 3. The average Bonchev–Trinajstić information content (AvgIpc) is 3.93. The van der Waals surface area contributed by atoms with Gasteiger partial charge in [-0.2, -0.15) is 0 Å². The van der Waals surface area contributed by atoms with E-state index in [1.165, 1.54) is 18.5 Å². The van der Waals surface area contributed by atoms with Crippen molar-refractivity contribution < 1.29 is 9.53 Å². The van der Waals surface area contributed by atoms with Crippen LogP contribution >= 0.6 is 0 Å². The van der Waals surface area contributed by atoms with Crippen LogP contribution in [-0.4, -0.2) is 63.0 Å². The Labute approximate surface area is 240 Å². The lowest BCUT2D eigenvalue weighted by Crippen LogP contribution is -2.28. The van der Waals surface area contributed by atoms with Crippen molar-refractivity contribution in [3.05, 3.63) is 78.8 Å². The van der Waals surface area contributed by atoms with Gasteiger partial charge in [0.05, 0.1) is 11.4 Å². The van der Waals surface area contributed by atoms with Gasteiger partial charge in [-0.15, -0.1) is 0 Å². The topological polar surface area (TPSA) is 89.5 Å². The largest absolute Gasteiger partial charge is 0.457 e. The lowest BCUT2D eigenvalue weighted by atomic mass is 10.0. The Morgan fingerprint density at radius 2 is 1.78 bits per heavy atom. The van der Waals surface area contributed by atoms with E-state index >= 15 is 0 Å². The molecule has 2 N–H and O–H groups in total. The third-order valence-electron chi connectivity index (χ3n) is 8.60. The maximum Gasteiger partial charge on any atom is 0.246 e. The summed E-state index contributed by atoms with van der Waals surface area (Å²) in [4.78, 5) is 26.5. The fourth-order valence-electron chi connectivity index (χ4n) is 6.15. The maximum absolute atomic E-state index is 13.1. The van der Waals surface area contributed by atoms with E-state index in [-0.39, 0.29) is 11.9 Å². The van der Waals surface area contributed by atoms with Crippen molar-refractivity contribution in [2.75, 3.05) is 32.4 Å². The summed E-state index contributed by atoms with van der Waals surface area (Å²) in [5.41, 5.74) is 10.9. The zero-order valence-corrected chi connectivity index (χ0v) is 23.4. The van der Waals surface area contributed by atoms with Crippen molar-refractivity contribution in [3.8, 4) is 22.6 Å². The van der Waals surface area contributed by atoms with Gasteiger partial charge in [0.1, 0.15) is 29.3 Å². The third-order valence-corrected chi connectivity index (χ3v) is 8.60. The number of amides is 1. The number of carbonyl (C=O) groups is 1. The summed E-state index contributed by atoms with van der Waals surface area (Å²) >= 11 is 0. The van der Waals surface area contributed by atoms with Crippen molar-refractivity contribution in [1.29, 1.82) is 0 Å². The molecule has 8 heteroatoms. The summed E-state index contributed by atoms with van der Waals surface area (Å²) in [6.07, 6.45) is 11.0. The predicted octanol–water partition coefficient (Wildman–Crippen LogP) is 5.77. The van der Waals surface area contributed by atoms with Crippen molar-refractivity contribution >= 4 is 22.8 Å². The molecule has 1 aliphatic heterocycles. The maximum atomic E-state index is 13.1. The second-order valence-corrected chi connectivity index (χ2v) is 11.6. The minimum absolute atomic E-state index is 0.0875. The summed E-state index contributed by atoms with van der Waals surface area (Å²) < 4.78 is 8.43. The van der Waals surface area contributed by atoms with Gasteiger partial charge in [-0.1, -0.05) is 36.4 Å². The minimum atomic E-state index is 0.0875. The molecular weight excluding hydrogens is 512 g/mol. The SMILES string of the molecule is CN(C/C=C/C(=O)N1CC[C@@H](n2c(C3CC3)c(-c3ccc(Oc4ccccc4)cc3)c3c(N)ncnc32)C1)C1CC1. The van der Waals surface area contributed by atoms with Gasteiger partial charge in [-0.25, -0.2) is 9.97 Å². The van der Waals surface area contributed by atoms with E-state index < -0.39 is 0 Å². The molecule has 0 radical (unpaired) electrons. The molecule has 0 unspecified atom stereocenters. The zero-order valence-electron chi connectivity index (χ0n) is 23.4. The number of ether oxygens (including phenoxy) is 1. The highest BCUT2D eigenvalue weighted by Crippen LogP contribution is 2.51. The average molecular weight is 549 g/mol. The second-order valence-electron chi connectivity index (χ2n) is 11.6. The molecule has 2 aromatic heterocycles. The number of likely N-dealkylation sites (tertiary alicyclic amines) is 1. The highest BCUT2D eigenvalue weighted by Gasteiger charge is 2.38. The Morgan fingerprint density at radius 1 is 1.02 bits per heavy atom. The fourth-order valence-corrected chi connectivity index (χ4v) is 6.15. The second kappa shape index (κ2) is 10.7. The van der Waals surface area contributed by atoms with Crippen molar-refractivity contribution in [2.24, 2.45) is 0 Å². The molecule has 41 heavy (non-hydrogen) atoms. The number of hydrogen-bond acceptors (Lipinski definition) is 6. The van der Waals surface area contributed by atoms with E-state index in [2.05, 4.69) is 33.6 Å². The van der Waals surface area contributed by atoms with Crippen molar-refractivity contribution in [2.45, 2.75) is 50.1 Å². The van der Waals surface area contributed by atoms with E-state index in [0.29, 0.717) is 24.3 Å². The van der Waals surface area contributed by atoms with E-state index in [9.17, 15) is 4.79 Å². The van der Waals surface area contributed by atoms with E-state index in [1.807, 2.05) is 53.4 Å². The van der Waals surface area contributed by atoms with E-state index in [0.717, 1.165) is 66.0 Å². The molecule has 8 nitrogen and oxygen atoms in total. The first kappa shape index (κ1) is 25.8. The standard InChI is InChI=1S/C33H36N6O2/c1-37(24-13-14-24)18-5-8-28(40)38-19-17-25(20-38)39-31(23-9-10-23)29(30-32(34)35-21-36-33(30)39)22-11-15-27(16-12-22)41-26-6-3-2-4-7-26/h2-8,11-12,15-16,21,23-25H,9-10,13-14,17-20H2,1H3,(H2,34,35,36)/b8-5+/t25-/m1/s1. The van der Waals surface area contributed by atoms with Crippen molar-refractivity contribution in [1.82, 2.24) is 24.3 Å². The van der Waals surface area contributed by atoms with Crippen LogP contribution in [-0.2, 0) is 4.79 Å². The van der Waals surface area contributed by atoms with Crippen LogP contribution in [0.5, 0.6) is 11.5 Å². The quantitative estimate of drug-likeness (QED) is 0.267. The van der Waals surface area contributed by atoms with Gasteiger partial charge in [-0.05, 0) is 74.9 Å². The molecule has 0 bridgehead atoms. The number of nitrogen functional groups attached to an aromatic ring is 1. The monoisotopic (exact) mass is 548 g/mol. The number of nitrogens with zero attached hydrogens (tertiary/aromatic N) is 5. The normalized spacial score (nSPS) is 19.1. The lowest BCUT2D eigenvalue weighted by molar-refractivity contribution is -0.125. The highest BCUT2D eigenvalue weighted by molar-refractivity contribution is 6.03. The Hall–Kier alpha value is -4.17. The molecule has 3 aliphatic rings. The van der Waals surface area contributed by atoms with Gasteiger partial charge in [-0.3, -0.25) is 9.69 Å². The molecule has 210 valence electrons. The Morgan fingerprint density at radius 3 is 2.51 bits per heavy atom. The summed E-state index contributed by atoms with van der Waals surface area (Å²) in [6, 6.07) is 18.8. The Kier molecular flexibility index (Phi) is 6.71. The number of anilines is 1. The van der Waals surface area contributed by atoms with Gasteiger partial charge >= 0.3 is 0 Å². The minimum Gasteiger partial charge on any atom is -0.457 e. The van der Waals surface area contributed by atoms with Crippen LogP contribution in [0.3, 0.4) is 0 Å². The number of hydrogen-bond donors (Lipinski definition) is 1. The van der Waals surface area contributed by atoms with E-state index in [1.54, 1.807) is 12.4 Å². The number of nitrogens with two attached hydrogens (primary N) is 1. The number of fused-ring (bicyclic) bond motifs is 1. The first-order valence-corrected chi connectivity index (χ1v) is 14.7. The summed E-state index contributed by atoms with van der Waals surface area (Å²) in [7, 11) is 2.13. The molecule has 2 aromatic carbocycles. The van der Waals surface area contributed by atoms with Crippen LogP contribution in [0.2, 0.25) is 0 Å². The molecular formula is C33H36N6O2. The first-order valence-electron chi connectivity index (χ1n) is 14.7. The molecule has 1 amide bonds. The van der Waals surface area contributed by atoms with Gasteiger partial charge in [0.15, 0.2) is 0 Å². The molecule has 1 saturated heterocycles. The summed E-state index contributed by atoms with van der Waals surface area (Å²) in [5, 5.41) is 0.902. The lowest BCUT2D eigenvalue weighted by Gasteiger charge is -2.19. The molecule has 0 spiro atoms. The van der Waals surface area contributed by atoms with Crippen LogP contribution in [0.25, 0.3) is 22.2 Å². The van der Waals surface area contributed by atoms with Crippen LogP contribution in [0, 0.1) is 0 Å². The van der Waals surface area contributed by atoms with Crippen LogP contribution in [0.15, 0.2) is 73.1 Å². The number of carbonyl (C=O) groups excluding carboxylic acids is 1. The Bertz CT molecular complexity index is 1590. The highest BCUT2D eigenvalue weighted by atomic mass is 16.5. The first-order chi connectivity index (χ1) is 20.1. The number of likely N-dealkylation sites (N-methyl/N-ethyl adjacent to an activating group) is 1. The summed E-state index contributed by atoms with van der Waals surface area (Å²) in [5.74, 6) is 2.61. The fraction of sp³-hybridized carbons (Fsp3) is 0.364. The van der Waals surface area contributed by atoms with Gasteiger partial charge in [0.25, 0.3) is 0 Å². The van der Waals surface area contributed by atoms with Crippen LogP contribution < -0.4 is 10.5 Å². The molecule has 4 aromatic rings. The predicted molar refractivity (Wildman–Crippen MR) is 161 cm³/mol. The van der Waals surface area contributed by atoms with Crippen LogP contribution in [0.4, 0.5) is 5.82 Å². The zero-order chi connectivity index (χ0) is 27.9. The molecule has 3 fully saturated rings. The number of benzene rings is 2. The number of rotatable bonds is 9. The van der Waals surface area contributed by atoms with Crippen LogP contribution in [0.1, 0.15) is 49.8 Å². The third kappa shape index (κ3) is 5.20. The number of para-hydroxylation sites is 1.